The zero-order valence-electron chi connectivity index (χ0n) is 10.1. The number of carbonyl (C=O) groups excluding carboxylic acids is 1. The molecule has 0 radical (unpaired) electrons. The van der Waals surface area contributed by atoms with E-state index in [1.165, 1.54) is 18.2 Å². The first-order valence-corrected chi connectivity index (χ1v) is 6.94. The molecule has 1 aliphatic heterocycles. The van der Waals surface area contributed by atoms with Gasteiger partial charge in [-0.15, -0.1) is 0 Å². The molecule has 1 aliphatic rings. The fourth-order valence-electron chi connectivity index (χ4n) is 2.02. The third-order valence-electron chi connectivity index (χ3n) is 3.29. The highest BCUT2D eigenvalue weighted by Gasteiger charge is 2.30. The average Bonchev–Trinajstić information content (AvgIpc) is 2.28. The van der Waals surface area contributed by atoms with Gasteiger partial charge in [-0.05, 0) is 60.6 Å². The van der Waals surface area contributed by atoms with E-state index >= 15 is 0 Å². The summed E-state index contributed by atoms with van der Waals surface area (Å²) in [4.78, 5) is 14.0. The van der Waals surface area contributed by atoms with Crippen molar-refractivity contribution in [3.05, 3.63) is 33.1 Å². The van der Waals surface area contributed by atoms with Crippen molar-refractivity contribution in [2.24, 2.45) is 0 Å². The summed E-state index contributed by atoms with van der Waals surface area (Å²) in [7, 11) is 0. The van der Waals surface area contributed by atoms with Crippen LogP contribution in [0, 0.1) is 9.39 Å². The van der Waals surface area contributed by atoms with Crippen LogP contribution >= 0.6 is 22.6 Å². The standard InChI is InChI=1S/C13H15FINO2/c1-13(18)4-6-16(7-5-13)12(17)10-3-2-9(14)8-11(10)15/h2-3,8,18H,4-7H2,1H3. The summed E-state index contributed by atoms with van der Waals surface area (Å²) >= 11 is 1.97. The number of rotatable bonds is 1. The second kappa shape index (κ2) is 5.13. The number of benzene rings is 1. The van der Waals surface area contributed by atoms with Crippen LogP contribution in [0.1, 0.15) is 30.1 Å². The van der Waals surface area contributed by atoms with Gasteiger partial charge in [0.15, 0.2) is 0 Å². The minimum Gasteiger partial charge on any atom is -0.390 e. The van der Waals surface area contributed by atoms with Crippen LogP contribution in [0.2, 0.25) is 0 Å². The van der Waals surface area contributed by atoms with E-state index in [0.29, 0.717) is 35.1 Å². The molecule has 1 fully saturated rings. The summed E-state index contributed by atoms with van der Waals surface area (Å²) in [6, 6.07) is 4.18. The highest BCUT2D eigenvalue weighted by atomic mass is 127. The van der Waals surface area contributed by atoms with Crippen LogP contribution in [0.4, 0.5) is 4.39 Å². The second-order valence-corrected chi connectivity index (χ2v) is 6.08. The normalized spacial score (nSPS) is 18.8. The van der Waals surface area contributed by atoms with Crippen molar-refractivity contribution in [3.63, 3.8) is 0 Å². The van der Waals surface area contributed by atoms with Crippen molar-refractivity contribution in [2.75, 3.05) is 13.1 Å². The Balaban J connectivity index is 2.13. The molecule has 0 aliphatic carbocycles. The Morgan fingerprint density at radius 3 is 2.61 bits per heavy atom. The molecule has 0 aromatic heterocycles. The molecule has 1 aromatic rings. The highest BCUT2D eigenvalue weighted by Crippen LogP contribution is 2.24. The van der Waals surface area contributed by atoms with Crippen LogP contribution in [0.15, 0.2) is 18.2 Å². The topological polar surface area (TPSA) is 40.5 Å². The maximum atomic E-state index is 13.0. The van der Waals surface area contributed by atoms with Crippen LogP contribution in [0.3, 0.4) is 0 Å². The Kier molecular flexibility index (Phi) is 3.91. The van der Waals surface area contributed by atoms with Crippen molar-refractivity contribution >= 4 is 28.5 Å². The van der Waals surface area contributed by atoms with Gasteiger partial charge < -0.3 is 10.0 Å². The molecule has 5 heteroatoms. The monoisotopic (exact) mass is 363 g/mol. The third kappa shape index (κ3) is 3.00. The average molecular weight is 363 g/mol. The molecular formula is C13H15FINO2. The van der Waals surface area contributed by atoms with Crippen molar-refractivity contribution in [2.45, 2.75) is 25.4 Å². The molecule has 3 nitrogen and oxygen atoms in total. The molecular weight excluding hydrogens is 348 g/mol. The number of amides is 1. The lowest BCUT2D eigenvalue weighted by Crippen LogP contribution is -2.45. The second-order valence-electron chi connectivity index (χ2n) is 4.91. The lowest BCUT2D eigenvalue weighted by Gasteiger charge is -2.35. The van der Waals surface area contributed by atoms with Crippen LogP contribution in [-0.2, 0) is 0 Å². The van der Waals surface area contributed by atoms with Gasteiger partial charge >= 0.3 is 0 Å². The van der Waals surface area contributed by atoms with Gasteiger partial charge in [0.05, 0.1) is 11.2 Å². The molecule has 18 heavy (non-hydrogen) atoms. The predicted molar refractivity (Wildman–Crippen MR) is 74.9 cm³/mol. The van der Waals surface area contributed by atoms with Crippen molar-refractivity contribution in [1.82, 2.24) is 4.90 Å². The summed E-state index contributed by atoms with van der Waals surface area (Å²) in [5.41, 5.74) is -0.147. The van der Waals surface area contributed by atoms with Crippen molar-refractivity contribution < 1.29 is 14.3 Å². The van der Waals surface area contributed by atoms with E-state index in [2.05, 4.69) is 0 Å². The molecule has 1 aromatic carbocycles. The third-order valence-corrected chi connectivity index (χ3v) is 4.18. The minimum atomic E-state index is -0.674. The van der Waals surface area contributed by atoms with E-state index in [-0.39, 0.29) is 11.7 Å². The van der Waals surface area contributed by atoms with Gasteiger partial charge in [-0.25, -0.2) is 4.39 Å². The number of halogens is 2. The molecule has 1 amide bonds. The van der Waals surface area contributed by atoms with E-state index in [9.17, 15) is 14.3 Å². The lowest BCUT2D eigenvalue weighted by atomic mass is 9.93. The summed E-state index contributed by atoms with van der Waals surface area (Å²) in [6.45, 7) is 2.87. The number of piperidine rings is 1. The Labute approximate surface area is 119 Å². The van der Waals surface area contributed by atoms with Crippen LogP contribution in [-0.4, -0.2) is 34.6 Å². The van der Waals surface area contributed by atoms with E-state index in [0.717, 1.165) is 0 Å². The zero-order chi connectivity index (χ0) is 13.3. The van der Waals surface area contributed by atoms with Crippen molar-refractivity contribution in [3.8, 4) is 0 Å². The smallest absolute Gasteiger partial charge is 0.254 e. The fourth-order valence-corrected chi connectivity index (χ4v) is 2.73. The number of hydrogen-bond donors (Lipinski definition) is 1. The number of likely N-dealkylation sites (tertiary alicyclic amines) is 1. The molecule has 0 spiro atoms. The van der Waals surface area contributed by atoms with Gasteiger partial charge in [-0.3, -0.25) is 4.79 Å². The van der Waals surface area contributed by atoms with Gasteiger partial charge in [0.25, 0.3) is 5.91 Å². The van der Waals surface area contributed by atoms with E-state index in [4.69, 9.17) is 0 Å². The summed E-state index contributed by atoms with van der Waals surface area (Å²) in [6.07, 6.45) is 1.16. The van der Waals surface area contributed by atoms with Crippen molar-refractivity contribution in [1.29, 1.82) is 0 Å². The fraction of sp³-hybridized carbons (Fsp3) is 0.462. The first kappa shape index (κ1) is 13.7. The molecule has 1 heterocycles. The van der Waals surface area contributed by atoms with Crippen LogP contribution in [0.5, 0.6) is 0 Å². The molecule has 0 atom stereocenters. The van der Waals surface area contributed by atoms with E-state index < -0.39 is 5.60 Å². The first-order valence-electron chi connectivity index (χ1n) is 5.86. The Hall–Kier alpha value is -0.690. The summed E-state index contributed by atoms with van der Waals surface area (Å²) in [5.74, 6) is -0.424. The number of carbonyl (C=O) groups is 1. The van der Waals surface area contributed by atoms with Gasteiger partial charge in [-0.1, -0.05) is 0 Å². The van der Waals surface area contributed by atoms with E-state index in [1.54, 1.807) is 11.8 Å². The Bertz CT molecular complexity index is 466. The van der Waals surface area contributed by atoms with Gasteiger partial charge in [-0.2, -0.15) is 0 Å². The molecule has 0 saturated carbocycles. The lowest BCUT2D eigenvalue weighted by molar-refractivity contribution is -0.00205. The maximum absolute atomic E-state index is 13.0. The van der Waals surface area contributed by atoms with E-state index in [1.807, 2.05) is 22.6 Å². The van der Waals surface area contributed by atoms with Gasteiger partial charge in [0, 0.05) is 16.7 Å². The molecule has 2 rings (SSSR count). The quantitative estimate of drug-likeness (QED) is 0.779. The number of aliphatic hydroxyl groups is 1. The molecule has 0 unspecified atom stereocenters. The number of hydrogen-bond acceptors (Lipinski definition) is 2. The van der Waals surface area contributed by atoms with Gasteiger partial charge in [0.2, 0.25) is 0 Å². The minimum absolute atomic E-state index is 0.0881. The Morgan fingerprint density at radius 1 is 1.44 bits per heavy atom. The Morgan fingerprint density at radius 2 is 2.06 bits per heavy atom. The molecule has 0 bridgehead atoms. The predicted octanol–water partition coefficient (Wildman–Crippen LogP) is 2.42. The number of nitrogens with zero attached hydrogens (tertiary/aromatic N) is 1. The SMILES string of the molecule is CC1(O)CCN(C(=O)c2ccc(F)cc2I)CC1. The molecule has 98 valence electrons. The maximum Gasteiger partial charge on any atom is 0.254 e. The molecule has 1 N–H and O–H groups in total. The molecule has 1 saturated heterocycles. The largest absolute Gasteiger partial charge is 0.390 e. The van der Waals surface area contributed by atoms with Crippen LogP contribution in [0.25, 0.3) is 0 Å². The summed E-state index contributed by atoms with van der Waals surface area (Å²) < 4.78 is 13.6. The zero-order valence-corrected chi connectivity index (χ0v) is 12.3. The van der Waals surface area contributed by atoms with Crippen LogP contribution < -0.4 is 0 Å². The highest BCUT2D eigenvalue weighted by molar-refractivity contribution is 14.1. The van der Waals surface area contributed by atoms with Gasteiger partial charge in [0.1, 0.15) is 5.82 Å². The summed E-state index contributed by atoms with van der Waals surface area (Å²) in [5, 5.41) is 9.85. The first-order chi connectivity index (χ1) is 8.39.